The van der Waals surface area contributed by atoms with E-state index in [1.165, 1.54) is 16.8 Å². The number of rotatable bonds is 3. The van der Waals surface area contributed by atoms with Gasteiger partial charge in [0.25, 0.3) is 0 Å². The monoisotopic (exact) mass is 293 g/mol. The number of hydrogen-bond donors (Lipinski definition) is 1. The standard InChI is InChI=1S/C19H19NO2/c1-12-6-4-5-7-16(12)11-20-14(3)13(2)17-10-15(19(21)22)8-9-18(17)20/h4-10H,11H2,1-3H3,(H,21,22). The predicted molar refractivity (Wildman–Crippen MR) is 88.7 cm³/mol. The molecule has 0 aliphatic heterocycles. The number of nitrogens with zero attached hydrogens (tertiary/aromatic N) is 1. The molecule has 2 aromatic carbocycles. The van der Waals surface area contributed by atoms with E-state index in [1.54, 1.807) is 12.1 Å². The second-order valence-corrected chi connectivity index (χ2v) is 5.76. The fraction of sp³-hybridized carbons (Fsp3) is 0.211. The summed E-state index contributed by atoms with van der Waals surface area (Å²) in [5, 5.41) is 10.2. The molecule has 0 fully saturated rings. The Balaban J connectivity index is 2.16. The van der Waals surface area contributed by atoms with Gasteiger partial charge in [-0.25, -0.2) is 4.79 Å². The van der Waals surface area contributed by atoms with Gasteiger partial charge >= 0.3 is 5.97 Å². The minimum atomic E-state index is -0.884. The highest BCUT2D eigenvalue weighted by molar-refractivity contribution is 5.95. The van der Waals surface area contributed by atoms with Crippen LogP contribution in [-0.2, 0) is 6.54 Å². The fourth-order valence-electron chi connectivity index (χ4n) is 2.94. The summed E-state index contributed by atoms with van der Waals surface area (Å²) >= 11 is 0. The molecule has 0 bridgehead atoms. The zero-order valence-corrected chi connectivity index (χ0v) is 13.1. The van der Waals surface area contributed by atoms with E-state index in [2.05, 4.69) is 43.5 Å². The van der Waals surface area contributed by atoms with E-state index in [9.17, 15) is 9.90 Å². The van der Waals surface area contributed by atoms with Crippen LogP contribution in [0.3, 0.4) is 0 Å². The summed E-state index contributed by atoms with van der Waals surface area (Å²) < 4.78 is 2.26. The second kappa shape index (κ2) is 5.34. The Morgan fingerprint density at radius 1 is 1.09 bits per heavy atom. The minimum absolute atomic E-state index is 0.337. The summed E-state index contributed by atoms with van der Waals surface area (Å²) in [5.74, 6) is -0.884. The molecule has 1 heterocycles. The lowest BCUT2D eigenvalue weighted by atomic mass is 10.1. The summed E-state index contributed by atoms with van der Waals surface area (Å²) in [5.41, 5.74) is 6.30. The van der Waals surface area contributed by atoms with E-state index >= 15 is 0 Å². The molecule has 1 aromatic heterocycles. The Bertz CT molecular complexity index is 875. The molecule has 0 saturated heterocycles. The minimum Gasteiger partial charge on any atom is -0.478 e. The third-order valence-corrected chi connectivity index (χ3v) is 4.48. The molecular formula is C19H19NO2. The fourth-order valence-corrected chi connectivity index (χ4v) is 2.94. The molecule has 0 aliphatic carbocycles. The zero-order valence-electron chi connectivity index (χ0n) is 13.1. The van der Waals surface area contributed by atoms with Crippen LogP contribution in [-0.4, -0.2) is 15.6 Å². The average Bonchev–Trinajstić information content (AvgIpc) is 2.74. The van der Waals surface area contributed by atoms with E-state index in [-0.39, 0.29) is 0 Å². The maximum absolute atomic E-state index is 11.2. The van der Waals surface area contributed by atoms with Crippen LogP contribution >= 0.6 is 0 Å². The van der Waals surface area contributed by atoms with E-state index in [1.807, 2.05) is 12.1 Å². The summed E-state index contributed by atoms with van der Waals surface area (Å²) in [6.07, 6.45) is 0. The van der Waals surface area contributed by atoms with Crippen LogP contribution in [0.4, 0.5) is 0 Å². The van der Waals surface area contributed by atoms with Crippen molar-refractivity contribution in [1.29, 1.82) is 0 Å². The van der Waals surface area contributed by atoms with Gasteiger partial charge in [-0.3, -0.25) is 0 Å². The molecule has 0 radical (unpaired) electrons. The van der Waals surface area contributed by atoms with Crippen molar-refractivity contribution in [1.82, 2.24) is 4.57 Å². The molecule has 0 saturated carbocycles. The van der Waals surface area contributed by atoms with Crippen molar-refractivity contribution in [2.24, 2.45) is 0 Å². The lowest BCUT2D eigenvalue weighted by Gasteiger charge is -2.11. The lowest BCUT2D eigenvalue weighted by molar-refractivity contribution is 0.0697. The third-order valence-electron chi connectivity index (χ3n) is 4.48. The lowest BCUT2D eigenvalue weighted by Crippen LogP contribution is -2.03. The number of fused-ring (bicyclic) bond motifs is 1. The maximum atomic E-state index is 11.2. The molecule has 112 valence electrons. The van der Waals surface area contributed by atoms with Crippen LogP contribution in [0, 0.1) is 20.8 Å². The van der Waals surface area contributed by atoms with E-state index in [0.717, 1.165) is 23.0 Å². The molecule has 3 aromatic rings. The summed E-state index contributed by atoms with van der Waals surface area (Å²) in [4.78, 5) is 11.2. The predicted octanol–water partition coefficient (Wildman–Crippen LogP) is 4.31. The van der Waals surface area contributed by atoms with Crippen LogP contribution in [0.15, 0.2) is 42.5 Å². The number of carboxylic acid groups (broad SMARTS) is 1. The largest absolute Gasteiger partial charge is 0.478 e. The van der Waals surface area contributed by atoms with Crippen molar-refractivity contribution >= 4 is 16.9 Å². The van der Waals surface area contributed by atoms with Gasteiger partial charge in [-0.2, -0.15) is 0 Å². The van der Waals surface area contributed by atoms with Crippen molar-refractivity contribution in [3.05, 3.63) is 70.4 Å². The van der Waals surface area contributed by atoms with Gasteiger partial charge in [-0.15, -0.1) is 0 Å². The van der Waals surface area contributed by atoms with Gasteiger partial charge in [-0.1, -0.05) is 24.3 Å². The molecule has 22 heavy (non-hydrogen) atoms. The first-order chi connectivity index (χ1) is 10.5. The van der Waals surface area contributed by atoms with Gasteiger partial charge in [-0.05, 0) is 55.7 Å². The number of aromatic nitrogens is 1. The number of aromatic carboxylic acids is 1. The molecule has 0 amide bonds. The van der Waals surface area contributed by atoms with Crippen LogP contribution in [0.25, 0.3) is 10.9 Å². The molecule has 3 heteroatoms. The summed E-state index contributed by atoms with van der Waals surface area (Å²) in [6, 6.07) is 13.7. The molecule has 3 nitrogen and oxygen atoms in total. The Hall–Kier alpha value is -2.55. The van der Waals surface area contributed by atoms with Gasteiger partial charge in [0.05, 0.1) is 5.56 Å². The SMILES string of the molecule is Cc1ccccc1Cn1c(C)c(C)c2cc(C(=O)O)ccc21. The van der Waals surface area contributed by atoms with Crippen LogP contribution in [0.1, 0.15) is 32.7 Å². The van der Waals surface area contributed by atoms with E-state index in [4.69, 9.17) is 0 Å². The van der Waals surface area contributed by atoms with Crippen LogP contribution < -0.4 is 0 Å². The van der Waals surface area contributed by atoms with Crippen molar-refractivity contribution in [2.75, 3.05) is 0 Å². The molecular weight excluding hydrogens is 274 g/mol. The van der Waals surface area contributed by atoms with Crippen LogP contribution in [0.2, 0.25) is 0 Å². The molecule has 1 N–H and O–H groups in total. The molecule has 0 aliphatic rings. The van der Waals surface area contributed by atoms with E-state index < -0.39 is 5.97 Å². The summed E-state index contributed by atoms with van der Waals surface area (Å²) in [7, 11) is 0. The number of aryl methyl sites for hydroxylation is 2. The van der Waals surface area contributed by atoms with Gasteiger partial charge in [0.2, 0.25) is 0 Å². The maximum Gasteiger partial charge on any atom is 0.335 e. The molecule has 0 atom stereocenters. The van der Waals surface area contributed by atoms with Gasteiger partial charge in [0.1, 0.15) is 0 Å². The Kier molecular flexibility index (Phi) is 3.49. The van der Waals surface area contributed by atoms with Crippen molar-refractivity contribution in [3.8, 4) is 0 Å². The second-order valence-electron chi connectivity index (χ2n) is 5.76. The first kappa shape index (κ1) is 14.4. The first-order valence-corrected chi connectivity index (χ1v) is 7.36. The number of carboxylic acids is 1. The average molecular weight is 293 g/mol. The van der Waals surface area contributed by atoms with Crippen LogP contribution in [0.5, 0.6) is 0 Å². The quantitative estimate of drug-likeness (QED) is 0.781. The Morgan fingerprint density at radius 3 is 2.50 bits per heavy atom. The molecule has 3 rings (SSSR count). The topological polar surface area (TPSA) is 42.2 Å². The highest BCUT2D eigenvalue weighted by atomic mass is 16.4. The molecule has 0 unspecified atom stereocenters. The number of benzene rings is 2. The zero-order chi connectivity index (χ0) is 15.9. The number of hydrogen-bond acceptors (Lipinski definition) is 1. The van der Waals surface area contributed by atoms with Gasteiger partial charge in [0, 0.05) is 23.1 Å². The van der Waals surface area contributed by atoms with Crippen molar-refractivity contribution < 1.29 is 9.90 Å². The summed E-state index contributed by atoms with van der Waals surface area (Å²) in [6.45, 7) is 7.06. The molecule has 0 spiro atoms. The normalized spacial score (nSPS) is 11.0. The van der Waals surface area contributed by atoms with Gasteiger partial charge < -0.3 is 9.67 Å². The van der Waals surface area contributed by atoms with Crippen molar-refractivity contribution in [2.45, 2.75) is 27.3 Å². The smallest absolute Gasteiger partial charge is 0.335 e. The third kappa shape index (κ3) is 2.29. The van der Waals surface area contributed by atoms with E-state index in [0.29, 0.717) is 5.56 Å². The number of carbonyl (C=O) groups is 1. The van der Waals surface area contributed by atoms with Crippen molar-refractivity contribution in [3.63, 3.8) is 0 Å². The van der Waals surface area contributed by atoms with Gasteiger partial charge in [0.15, 0.2) is 0 Å². The highest BCUT2D eigenvalue weighted by Gasteiger charge is 2.14. The Morgan fingerprint density at radius 2 is 1.82 bits per heavy atom. The first-order valence-electron chi connectivity index (χ1n) is 7.36. The Labute approximate surface area is 129 Å². The highest BCUT2D eigenvalue weighted by Crippen LogP contribution is 2.27.